The Morgan fingerprint density at radius 1 is 1.27 bits per heavy atom. The van der Waals surface area contributed by atoms with Gasteiger partial charge in [0.2, 0.25) is 0 Å². The van der Waals surface area contributed by atoms with Crippen LogP contribution in [0.5, 0.6) is 0 Å². The molecular weight excluding hydrogens is 582 g/mol. The van der Waals surface area contributed by atoms with E-state index in [1.54, 1.807) is 26.4 Å². The summed E-state index contributed by atoms with van der Waals surface area (Å²) < 4.78 is 15.0. The molecule has 11 nitrogen and oxygen atoms in total. The van der Waals surface area contributed by atoms with E-state index < -0.39 is 23.4 Å². The van der Waals surface area contributed by atoms with E-state index in [4.69, 9.17) is 21.1 Å². The number of pyridine rings is 1. The highest BCUT2D eigenvalue weighted by Crippen LogP contribution is 2.41. The van der Waals surface area contributed by atoms with E-state index in [0.29, 0.717) is 41.0 Å². The molecule has 2 aliphatic rings. The molecule has 6 rings (SSSR count). The molecule has 4 aromatic rings. The van der Waals surface area contributed by atoms with Gasteiger partial charge in [-0.3, -0.25) is 0 Å². The SMILES string of the molecule is CC(C)(C)OC(=O)N(Cc1cc2ccc(Cn3cc(-c4cc(Cl)cnc4C#N)nn3)c3c2n1C(=O)OC3(C)C)CC1CCC1. The van der Waals surface area contributed by atoms with Crippen LogP contribution >= 0.6 is 11.6 Å². The largest absolute Gasteiger partial charge is 0.444 e. The van der Waals surface area contributed by atoms with Crippen LogP contribution in [0.25, 0.3) is 22.2 Å². The topological polar surface area (TPSA) is 128 Å². The van der Waals surface area contributed by atoms with Crippen molar-refractivity contribution >= 4 is 34.7 Å². The van der Waals surface area contributed by atoms with Gasteiger partial charge in [-0.2, -0.15) is 5.26 Å². The van der Waals surface area contributed by atoms with Crippen molar-refractivity contribution in [3.05, 3.63) is 64.2 Å². The first kappa shape index (κ1) is 29.6. The Balaban J connectivity index is 1.38. The van der Waals surface area contributed by atoms with E-state index in [0.717, 1.165) is 41.3 Å². The predicted octanol–water partition coefficient (Wildman–Crippen LogP) is 6.64. The molecule has 1 fully saturated rings. The monoisotopic (exact) mass is 615 g/mol. The molecule has 4 heterocycles. The van der Waals surface area contributed by atoms with Gasteiger partial charge >= 0.3 is 12.2 Å². The average molecular weight is 616 g/mol. The van der Waals surface area contributed by atoms with Crippen molar-refractivity contribution in [2.45, 2.75) is 78.2 Å². The third-order valence-electron chi connectivity index (χ3n) is 8.07. The summed E-state index contributed by atoms with van der Waals surface area (Å²) in [4.78, 5) is 32.6. The Kier molecular flexibility index (Phi) is 7.36. The molecule has 0 bridgehead atoms. The summed E-state index contributed by atoms with van der Waals surface area (Å²) in [7, 11) is 0. The number of hydrogen-bond donors (Lipinski definition) is 0. The van der Waals surface area contributed by atoms with E-state index in [1.807, 2.05) is 52.8 Å². The highest BCUT2D eigenvalue weighted by atomic mass is 35.5. The molecule has 0 radical (unpaired) electrons. The highest BCUT2D eigenvalue weighted by molar-refractivity contribution is 6.30. The molecule has 0 unspecified atom stereocenters. The van der Waals surface area contributed by atoms with Crippen molar-refractivity contribution < 1.29 is 19.1 Å². The van der Waals surface area contributed by atoms with Crippen LogP contribution in [-0.2, 0) is 28.2 Å². The van der Waals surface area contributed by atoms with Crippen LogP contribution in [0.1, 0.15) is 76.4 Å². The zero-order valence-electron chi connectivity index (χ0n) is 25.4. The first-order valence-corrected chi connectivity index (χ1v) is 15.0. The Bertz CT molecular complexity index is 1820. The first-order chi connectivity index (χ1) is 20.8. The third-order valence-corrected chi connectivity index (χ3v) is 8.28. The molecule has 0 spiro atoms. The molecule has 44 heavy (non-hydrogen) atoms. The summed E-state index contributed by atoms with van der Waals surface area (Å²) in [6.45, 7) is 10.4. The molecule has 1 aromatic carbocycles. The van der Waals surface area contributed by atoms with Gasteiger partial charge in [0.25, 0.3) is 0 Å². The van der Waals surface area contributed by atoms with Crippen LogP contribution in [0.15, 0.2) is 36.7 Å². The average Bonchev–Trinajstić information content (AvgIpc) is 3.52. The lowest BCUT2D eigenvalue weighted by Crippen LogP contribution is -2.41. The van der Waals surface area contributed by atoms with Crippen molar-refractivity contribution in [1.82, 2.24) is 29.4 Å². The van der Waals surface area contributed by atoms with Gasteiger partial charge in [0, 0.05) is 34.9 Å². The number of rotatable bonds is 7. The zero-order valence-corrected chi connectivity index (χ0v) is 26.2. The number of aromatic nitrogens is 5. The quantitative estimate of drug-likeness (QED) is 0.226. The normalized spacial score (nSPS) is 15.9. The van der Waals surface area contributed by atoms with E-state index in [1.165, 1.54) is 6.20 Å². The van der Waals surface area contributed by atoms with Crippen LogP contribution in [0.4, 0.5) is 9.59 Å². The summed E-state index contributed by atoms with van der Waals surface area (Å²) in [6.07, 6.45) is 5.56. The molecule has 1 aliphatic carbocycles. The molecule has 0 saturated heterocycles. The van der Waals surface area contributed by atoms with Gasteiger partial charge in [0.05, 0.1) is 29.8 Å². The highest BCUT2D eigenvalue weighted by Gasteiger charge is 2.39. The maximum atomic E-state index is 13.5. The number of nitriles is 1. The second-order valence-corrected chi connectivity index (χ2v) is 13.4. The van der Waals surface area contributed by atoms with Gasteiger partial charge in [0.1, 0.15) is 28.7 Å². The molecule has 0 atom stereocenters. The van der Waals surface area contributed by atoms with Crippen molar-refractivity contribution in [1.29, 1.82) is 5.26 Å². The molecule has 0 N–H and O–H groups in total. The van der Waals surface area contributed by atoms with Crippen LogP contribution in [-0.4, -0.2) is 53.8 Å². The molecule has 1 amide bonds. The summed E-state index contributed by atoms with van der Waals surface area (Å²) in [6, 6.07) is 9.62. The lowest BCUT2D eigenvalue weighted by molar-refractivity contribution is 0.0153. The molecule has 3 aromatic heterocycles. The fourth-order valence-corrected chi connectivity index (χ4v) is 6.11. The number of cyclic esters (lactones) is 1. The number of ether oxygens (including phenoxy) is 2. The van der Waals surface area contributed by atoms with Gasteiger partial charge in [-0.25, -0.2) is 23.8 Å². The van der Waals surface area contributed by atoms with Gasteiger partial charge in [-0.15, -0.1) is 5.10 Å². The summed E-state index contributed by atoms with van der Waals surface area (Å²) in [5.74, 6) is 0.417. The Labute approximate surface area is 260 Å². The van der Waals surface area contributed by atoms with Crippen LogP contribution < -0.4 is 0 Å². The summed E-state index contributed by atoms with van der Waals surface area (Å²) in [5.41, 5.74) is 2.74. The number of benzene rings is 1. The fraction of sp³-hybridized carbons (Fsp3) is 0.438. The zero-order chi connectivity index (χ0) is 31.4. The lowest BCUT2D eigenvalue weighted by Gasteiger charge is -2.35. The van der Waals surface area contributed by atoms with Gasteiger partial charge < -0.3 is 14.4 Å². The third kappa shape index (κ3) is 5.62. The molecule has 1 aliphatic heterocycles. The molecule has 12 heteroatoms. The van der Waals surface area contributed by atoms with Crippen molar-refractivity contribution in [3.63, 3.8) is 0 Å². The van der Waals surface area contributed by atoms with Crippen LogP contribution in [0, 0.1) is 17.2 Å². The van der Waals surface area contributed by atoms with E-state index in [9.17, 15) is 14.9 Å². The maximum Gasteiger partial charge on any atom is 0.419 e. The number of carbonyl (C=O) groups excluding carboxylic acids is 2. The van der Waals surface area contributed by atoms with Gasteiger partial charge in [-0.1, -0.05) is 35.4 Å². The van der Waals surface area contributed by atoms with E-state index >= 15 is 0 Å². The van der Waals surface area contributed by atoms with Crippen molar-refractivity contribution in [3.8, 4) is 17.3 Å². The fourth-order valence-electron chi connectivity index (χ4n) is 5.95. The minimum atomic E-state index is -0.928. The first-order valence-electron chi connectivity index (χ1n) is 14.7. The minimum Gasteiger partial charge on any atom is -0.444 e. The summed E-state index contributed by atoms with van der Waals surface area (Å²) in [5, 5.41) is 19.3. The molecule has 228 valence electrons. The van der Waals surface area contributed by atoms with Gasteiger partial charge in [-0.05, 0) is 71.1 Å². The number of amides is 1. The van der Waals surface area contributed by atoms with Crippen molar-refractivity contribution in [2.75, 3.05) is 6.54 Å². The minimum absolute atomic E-state index is 0.203. The predicted molar refractivity (Wildman–Crippen MR) is 163 cm³/mol. The number of halogens is 1. The van der Waals surface area contributed by atoms with Crippen LogP contribution in [0.3, 0.4) is 0 Å². The standard InChI is InChI=1S/C32H34ClN7O4/c1-31(2,3)43-29(41)38(15-19-7-6-8-19)17-23-11-20-9-10-21(27-28(20)40(23)30(42)44-32(27,4)5)16-39-18-26(36-37-39)24-12-22(33)14-35-25(24)13-34/h9-12,14,18-19H,6-8,15-17H2,1-5H3. The lowest BCUT2D eigenvalue weighted by atomic mass is 9.85. The Hall–Kier alpha value is -4.43. The second kappa shape index (κ2) is 10.9. The number of hydrogen-bond acceptors (Lipinski definition) is 8. The molecular formula is C32H34ClN7O4. The van der Waals surface area contributed by atoms with E-state index in [2.05, 4.69) is 21.4 Å². The second-order valence-electron chi connectivity index (χ2n) is 13.0. The summed E-state index contributed by atoms with van der Waals surface area (Å²) >= 11 is 6.13. The molecule has 1 saturated carbocycles. The number of nitrogens with zero attached hydrogens (tertiary/aromatic N) is 7. The van der Waals surface area contributed by atoms with Crippen LogP contribution in [0.2, 0.25) is 5.02 Å². The Morgan fingerprint density at radius 2 is 2.05 bits per heavy atom. The van der Waals surface area contributed by atoms with E-state index in [-0.39, 0.29) is 12.2 Å². The van der Waals surface area contributed by atoms with Gasteiger partial charge in [0.15, 0.2) is 0 Å². The number of carbonyl (C=O) groups is 2. The smallest absolute Gasteiger partial charge is 0.419 e. The van der Waals surface area contributed by atoms with Crippen molar-refractivity contribution in [2.24, 2.45) is 5.92 Å². The maximum absolute atomic E-state index is 13.5. The Morgan fingerprint density at radius 3 is 2.73 bits per heavy atom.